The lowest BCUT2D eigenvalue weighted by Gasteiger charge is -2.49. The SMILES string of the molecule is COC(OC)C(C(OC)OC)[C@H]1C[C@H]2CSC(NC(=O)c3ccccc3)=N[C@@]2(c2ccc(F)cc2F)CO1. The van der Waals surface area contributed by atoms with Crippen LogP contribution >= 0.6 is 11.8 Å². The molecule has 2 heterocycles. The molecule has 206 valence electrons. The lowest BCUT2D eigenvalue weighted by atomic mass is 9.73. The van der Waals surface area contributed by atoms with Gasteiger partial charge in [0.1, 0.15) is 17.2 Å². The summed E-state index contributed by atoms with van der Waals surface area (Å²) in [6.45, 7) is -0.0209. The van der Waals surface area contributed by atoms with Gasteiger partial charge in [-0.2, -0.15) is 0 Å². The van der Waals surface area contributed by atoms with E-state index in [9.17, 15) is 9.18 Å². The van der Waals surface area contributed by atoms with Crippen LogP contribution in [0.25, 0.3) is 0 Å². The van der Waals surface area contributed by atoms with Crippen LogP contribution in [0.1, 0.15) is 22.3 Å². The van der Waals surface area contributed by atoms with E-state index in [1.54, 1.807) is 24.3 Å². The van der Waals surface area contributed by atoms with Gasteiger partial charge in [-0.1, -0.05) is 36.0 Å². The van der Waals surface area contributed by atoms with Gasteiger partial charge in [0, 0.05) is 57.3 Å². The van der Waals surface area contributed by atoms with Crippen molar-refractivity contribution in [2.45, 2.75) is 30.6 Å². The van der Waals surface area contributed by atoms with Gasteiger partial charge >= 0.3 is 0 Å². The summed E-state index contributed by atoms with van der Waals surface area (Å²) in [5, 5.41) is 3.19. The Bertz CT molecular complexity index is 1120. The Morgan fingerprint density at radius 3 is 2.32 bits per heavy atom. The lowest BCUT2D eigenvalue weighted by Crippen LogP contribution is -2.55. The maximum atomic E-state index is 15.2. The highest BCUT2D eigenvalue weighted by atomic mass is 32.2. The molecule has 1 saturated heterocycles. The molecule has 2 aliphatic heterocycles. The van der Waals surface area contributed by atoms with E-state index in [0.29, 0.717) is 22.9 Å². The zero-order chi connectivity index (χ0) is 27.3. The van der Waals surface area contributed by atoms with E-state index in [4.69, 9.17) is 28.7 Å². The van der Waals surface area contributed by atoms with Crippen LogP contribution in [0.15, 0.2) is 53.5 Å². The molecule has 0 saturated carbocycles. The number of carbonyl (C=O) groups excluding carboxylic acids is 1. The van der Waals surface area contributed by atoms with E-state index in [1.165, 1.54) is 52.3 Å². The summed E-state index contributed by atoms with van der Waals surface area (Å²) < 4.78 is 57.6. The van der Waals surface area contributed by atoms with Crippen molar-refractivity contribution in [3.63, 3.8) is 0 Å². The summed E-state index contributed by atoms with van der Waals surface area (Å²) >= 11 is 1.37. The predicted molar refractivity (Wildman–Crippen MR) is 139 cm³/mol. The summed E-state index contributed by atoms with van der Waals surface area (Å²) in [5.41, 5.74) is -0.511. The molecule has 11 heteroatoms. The highest BCUT2D eigenvalue weighted by molar-refractivity contribution is 8.13. The maximum absolute atomic E-state index is 15.2. The minimum atomic E-state index is -1.19. The number of thioether (sulfide) groups is 1. The Hall–Kier alpha value is -2.41. The Morgan fingerprint density at radius 1 is 1.05 bits per heavy atom. The number of methoxy groups -OCH3 is 4. The summed E-state index contributed by atoms with van der Waals surface area (Å²) in [4.78, 5) is 17.7. The minimum absolute atomic E-state index is 0.0209. The Kier molecular flexibility index (Phi) is 9.50. The number of aliphatic imine (C=N–C) groups is 1. The Morgan fingerprint density at radius 2 is 1.71 bits per heavy atom. The molecule has 1 amide bonds. The van der Waals surface area contributed by atoms with Gasteiger partial charge in [-0.3, -0.25) is 4.79 Å². The first-order valence-electron chi connectivity index (χ1n) is 12.1. The zero-order valence-corrected chi connectivity index (χ0v) is 22.5. The van der Waals surface area contributed by atoms with Gasteiger partial charge < -0.3 is 29.0 Å². The molecule has 2 aromatic carbocycles. The van der Waals surface area contributed by atoms with Crippen molar-refractivity contribution in [1.29, 1.82) is 0 Å². The standard InChI is InChI=1S/C27H32F2N2O6S/c1-33-24(34-2)22(25(35-3)36-4)21-12-17-14-38-26(30-23(32)16-8-6-5-7-9-16)31-27(17,15-37-21)19-11-10-18(28)13-20(19)29/h5-11,13,17,21-22,24-25H,12,14-15H2,1-4H3,(H,30,31,32)/t17-,21+,27-/m0/s1. The second kappa shape index (κ2) is 12.6. The minimum Gasteiger partial charge on any atom is -0.375 e. The number of benzene rings is 2. The molecule has 8 nitrogen and oxygen atoms in total. The molecule has 1 N–H and O–H groups in total. The Labute approximate surface area is 225 Å². The van der Waals surface area contributed by atoms with Crippen LogP contribution in [0, 0.1) is 23.5 Å². The first kappa shape index (κ1) is 28.6. The molecule has 0 unspecified atom stereocenters. The normalized spacial score (nSPS) is 23.4. The smallest absolute Gasteiger partial charge is 0.257 e. The highest BCUT2D eigenvalue weighted by Gasteiger charge is 2.53. The molecule has 0 bridgehead atoms. The van der Waals surface area contributed by atoms with Gasteiger partial charge in [0.25, 0.3) is 5.91 Å². The largest absolute Gasteiger partial charge is 0.375 e. The quantitative estimate of drug-likeness (QED) is 0.473. The van der Waals surface area contributed by atoms with E-state index in [0.717, 1.165) is 6.07 Å². The number of amides is 1. The molecule has 2 aromatic rings. The summed E-state index contributed by atoms with van der Waals surface area (Å²) in [6.07, 6.45) is -1.40. The van der Waals surface area contributed by atoms with E-state index >= 15 is 4.39 Å². The van der Waals surface area contributed by atoms with Gasteiger partial charge in [0.2, 0.25) is 0 Å². The van der Waals surface area contributed by atoms with Gasteiger partial charge in [0.05, 0.1) is 18.6 Å². The zero-order valence-electron chi connectivity index (χ0n) is 21.7. The third kappa shape index (κ3) is 5.78. The van der Waals surface area contributed by atoms with Crippen LogP contribution in [0.5, 0.6) is 0 Å². The van der Waals surface area contributed by atoms with E-state index in [2.05, 4.69) is 5.32 Å². The molecule has 2 aliphatic rings. The molecule has 0 radical (unpaired) electrons. The number of carbonyl (C=O) groups is 1. The summed E-state index contributed by atoms with van der Waals surface area (Å²) in [6, 6.07) is 12.2. The monoisotopic (exact) mass is 550 g/mol. The van der Waals surface area contributed by atoms with Gasteiger partial charge in [0.15, 0.2) is 17.7 Å². The summed E-state index contributed by atoms with van der Waals surface area (Å²) in [7, 11) is 6.08. The van der Waals surface area contributed by atoms with Crippen LogP contribution in [0.3, 0.4) is 0 Å². The third-order valence-corrected chi connectivity index (χ3v) is 8.11. The average molecular weight is 551 g/mol. The Balaban J connectivity index is 1.70. The number of nitrogens with one attached hydrogen (secondary N) is 1. The molecule has 38 heavy (non-hydrogen) atoms. The number of hydrogen-bond acceptors (Lipinski definition) is 8. The lowest BCUT2D eigenvalue weighted by molar-refractivity contribution is -0.260. The van der Waals surface area contributed by atoms with Crippen molar-refractivity contribution >= 4 is 22.8 Å². The van der Waals surface area contributed by atoms with Crippen LogP contribution in [0.4, 0.5) is 8.78 Å². The fourth-order valence-electron chi connectivity index (χ4n) is 5.21. The van der Waals surface area contributed by atoms with Crippen molar-refractivity contribution < 1.29 is 37.3 Å². The van der Waals surface area contributed by atoms with Crippen LogP contribution in [-0.2, 0) is 29.2 Å². The van der Waals surface area contributed by atoms with E-state index < -0.39 is 41.8 Å². The van der Waals surface area contributed by atoms with Crippen molar-refractivity contribution in [2.75, 3.05) is 40.8 Å². The van der Waals surface area contributed by atoms with Crippen LogP contribution < -0.4 is 5.32 Å². The first-order chi connectivity index (χ1) is 18.4. The number of ether oxygens (including phenoxy) is 5. The molecular weight excluding hydrogens is 518 g/mol. The summed E-state index contributed by atoms with van der Waals surface area (Å²) in [5.74, 6) is -1.93. The topological polar surface area (TPSA) is 87.6 Å². The fraction of sp³-hybridized carbons (Fsp3) is 0.481. The van der Waals surface area contributed by atoms with Gasteiger partial charge in [-0.15, -0.1) is 0 Å². The third-order valence-electron chi connectivity index (χ3n) is 7.07. The number of amidine groups is 1. The van der Waals surface area contributed by atoms with Crippen LogP contribution in [0.2, 0.25) is 0 Å². The molecule has 0 aromatic heterocycles. The maximum Gasteiger partial charge on any atom is 0.257 e. The van der Waals surface area contributed by atoms with Gasteiger partial charge in [-0.05, 0) is 24.6 Å². The average Bonchev–Trinajstić information content (AvgIpc) is 2.93. The first-order valence-corrected chi connectivity index (χ1v) is 13.1. The van der Waals surface area contributed by atoms with Crippen molar-refractivity contribution in [1.82, 2.24) is 5.32 Å². The number of halogens is 2. The van der Waals surface area contributed by atoms with E-state index in [1.807, 2.05) is 6.07 Å². The molecule has 4 rings (SSSR count). The molecule has 1 fully saturated rings. The second-order valence-corrected chi connectivity index (χ2v) is 10.1. The highest BCUT2D eigenvalue weighted by Crippen LogP contribution is 2.48. The predicted octanol–water partition coefficient (Wildman–Crippen LogP) is 3.95. The molecule has 3 atom stereocenters. The number of nitrogens with zero attached hydrogens (tertiary/aromatic N) is 1. The van der Waals surface area contributed by atoms with E-state index in [-0.39, 0.29) is 24.0 Å². The van der Waals surface area contributed by atoms with Crippen LogP contribution in [-0.4, -0.2) is 70.6 Å². The van der Waals surface area contributed by atoms with Gasteiger partial charge in [-0.25, -0.2) is 13.8 Å². The number of rotatable bonds is 9. The second-order valence-electron chi connectivity index (χ2n) is 9.14. The van der Waals surface area contributed by atoms with Crippen molar-refractivity contribution in [3.05, 3.63) is 71.3 Å². The molecule has 0 spiro atoms. The molecular formula is C27H32F2N2O6S. The molecule has 0 aliphatic carbocycles. The fourth-order valence-corrected chi connectivity index (χ4v) is 6.37. The number of fused-ring (bicyclic) bond motifs is 1. The van der Waals surface area contributed by atoms with Crippen molar-refractivity contribution in [3.8, 4) is 0 Å². The van der Waals surface area contributed by atoms with Crippen molar-refractivity contribution in [2.24, 2.45) is 16.8 Å². The number of hydrogen-bond donors (Lipinski definition) is 1.